The molecular weight excluding hydrogens is 159 g/mol. The molecule has 0 atom stereocenters. The summed E-state index contributed by atoms with van der Waals surface area (Å²) in [4.78, 5) is 6.50. The van der Waals surface area contributed by atoms with Gasteiger partial charge in [0.05, 0.1) is 0 Å². The minimum atomic E-state index is 0.878. The fraction of sp³-hybridized carbons (Fsp3) is 0.300. The van der Waals surface area contributed by atoms with E-state index in [0.29, 0.717) is 0 Å². The Morgan fingerprint density at radius 2 is 2.31 bits per heavy atom. The van der Waals surface area contributed by atoms with Crippen LogP contribution in [0.3, 0.4) is 0 Å². The van der Waals surface area contributed by atoms with Gasteiger partial charge < -0.3 is 4.90 Å². The zero-order valence-corrected chi connectivity index (χ0v) is 7.48. The Hall–Kier alpha value is -1.25. The Morgan fingerprint density at radius 3 is 2.92 bits per heavy atom. The normalized spacial score (nSPS) is 16.9. The van der Waals surface area contributed by atoms with Crippen molar-refractivity contribution in [3.05, 3.63) is 35.9 Å². The van der Waals surface area contributed by atoms with Gasteiger partial charge in [-0.1, -0.05) is 12.1 Å². The number of anilines is 1. The third-order valence-corrected chi connectivity index (χ3v) is 2.22. The molecule has 2 nitrogen and oxygen atoms in total. The van der Waals surface area contributed by atoms with Gasteiger partial charge in [0, 0.05) is 19.3 Å². The van der Waals surface area contributed by atoms with Crippen molar-refractivity contribution < 1.29 is 0 Å². The van der Waals surface area contributed by atoms with Crippen LogP contribution in [0.5, 0.6) is 0 Å². The molecule has 1 aliphatic rings. The number of nitrogens with zero attached hydrogens (tertiary/aromatic N) is 2. The Bertz CT molecular complexity index is 308. The first-order chi connectivity index (χ1) is 6.36. The predicted octanol–water partition coefficient (Wildman–Crippen LogP) is 1.34. The summed E-state index contributed by atoms with van der Waals surface area (Å²) in [7, 11) is 5.69. The minimum absolute atomic E-state index is 0.878. The summed E-state index contributed by atoms with van der Waals surface area (Å²) in [6, 6.07) is 5.96. The molecule has 13 heavy (non-hydrogen) atoms. The quantitative estimate of drug-likeness (QED) is 0.591. The van der Waals surface area contributed by atoms with Gasteiger partial charge in [0.2, 0.25) is 0 Å². The average Bonchev–Trinajstić information content (AvgIpc) is 2.20. The molecular formula is C10H11BN2. The standard InChI is InChI=1S/C10H11BN2/c11-9-4-7-13(8-5-9)10-3-1-2-6-12-10/h1-4,6H,5,7-8H2. The molecule has 0 spiro atoms. The van der Waals surface area contributed by atoms with E-state index < -0.39 is 0 Å². The largest absolute Gasteiger partial charge is 0.353 e. The van der Waals surface area contributed by atoms with Crippen molar-refractivity contribution in [3.8, 4) is 0 Å². The molecule has 0 fully saturated rings. The highest BCUT2D eigenvalue weighted by molar-refractivity contribution is 6.21. The van der Waals surface area contributed by atoms with E-state index in [0.717, 1.165) is 30.8 Å². The Balaban J connectivity index is 2.12. The zero-order valence-electron chi connectivity index (χ0n) is 7.48. The van der Waals surface area contributed by atoms with Crippen LogP contribution < -0.4 is 4.90 Å². The summed E-state index contributed by atoms with van der Waals surface area (Å²) >= 11 is 0. The Kier molecular flexibility index (Phi) is 2.34. The average molecular weight is 170 g/mol. The second-order valence-electron chi connectivity index (χ2n) is 3.16. The van der Waals surface area contributed by atoms with Crippen LogP contribution in [0.25, 0.3) is 0 Å². The van der Waals surface area contributed by atoms with Crippen LogP contribution in [0, 0.1) is 0 Å². The Labute approximate surface area is 79.7 Å². The lowest BCUT2D eigenvalue weighted by Gasteiger charge is -2.26. The molecule has 0 saturated heterocycles. The maximum Gasteiger partial charge on any atom is 0.128 e. The van der Waals surface area contributed by atoms with Gasteiger partial charge in [-0.2, -0.15) is 0 Å². The molecule has 0 aliphatic carbocycles. The molecule has 2 radical (unpaired) electrons. The van der Waals surface area contributed by atoms with E-state index >= 15 is 0 Å². The molecule has 2 heterocycles. The van der Waals surface area contributed by atoms with Crippen LogP contribution in [0.4, 0.5) is 5.82 Å². The van der Waals surface area contributed by atoms with Crippen LogP contribution in [0.15, 0.2) is 35.9 Å². The van der Waals surface area contributed by atoms with Crippen molar-refractivity contribution in [2.75, 3.05) is 18.0 Å². The molecule has 0 amide bonds. The highest BCUT2D eigenvalue weighted by Crippen LogP contribution is 2.14. The van der Waals surface area contributed by atoms with E-state index in [2.05, 4.69) is 16.0 Å². The molecule has 64 valence electrons. The fourth-order valence-corrected chi connectivity index (χ4v) is 1.43. The van der Waals surface area contributed by atoms with Gasteiger partial charge in [-0.3, -0.25) is 0 Å². The molecule has 1 aromatic rings. The van der Waals surface area contributed by atoms with Crippen molar-refractivity contribution in [2.24, 2.45) is 0 Å². The molecule has 2 rings (SSSR count). The smallest absolute Gasteiger partial charge is 0.128 e. The lowest BCUT2D eigenvalue weighted by molar-refractivity contribution is 0.797. The van der Waals surface area contributed by atoms with E-state index in [1.165, 1.54) is 0 Å². The molecule has 1 aliphatic heterocycles. The van der Waals surface area contributed by atoms with Crippen LogP contribution >= 0.6 is 0 Å². The first-order valence-electron chi connectivity index (χ1n) is 4.47. The fourth-order valence-electron chi connectivity index (χ4n) is 1.43. The molecule has 0 bridgehead atoms. The number of hydrogen-bond acceptors (Lipinski definition) is 2. The van der Waals surface area contributed by atoms with E-state index in [1.54, 1.807) is 0 Å². The van der Waals surface area contributed by atoms with E-state index in [4.69, 9.17) is 7.85 Å². The van der Waals surface area contributed by atoms with Crippen molar-refractivity contribution in [2.45, 2.75) is 6.42 Å². The summed E-state index contributed by atoms with van der Waals surface area (Å²) < 4.78 is 0. The second kappa shape index (κ2) is 3.65. The number of hydrogen-bond donors (Lipinski definition) is 0. The van der Waals surface area contributed by atoms with Crippen molar-refractivity contribution in [1.82, 2.24) is 4.98 Å². The van der Waals surface area contributed by atoms with E-state index in [-0.39, 0.29) is 0 Å². The molecule has 1 aromatic heterocycles. The molecule has 3 heteroatoms. The highest BCUT2D eigenvalue weighted by Gasteiger charge is 2.09. The van der Waals surface area contributed by atoms with Gasteiger partial charge in [-0.25, -0.2) is 4.98 Å². The summed E-state index contributed by atoms with van der Waals surface area (Å²) in [5, 5.41) is 0. The van der Waals surface area contributed by atoms with Crippen LogP contribution in [0.1, 0.15) is 6.42 Å². The topological polar surface area (TPSA) is 16.1 Å². The predicted molar refractivity (Wildman–Crippen MR) is 54.9 cm³/mol. The number of aromatic nitrogens is 1. The Morgan fingerprint density at radius 1 is 1.38 bits per heavy atom. The third kappa shape index (κ3) is 1.91. The van der Waals surface area contributed by atoms with E-state index in [1.807, 2.05) is 24.4 Å². The van der Waals surface area contributed by atoms with Crippen molar-refractivity contribution in [1.29, 1.82) is 0 Å². The van der Waals surface area contributed by atoms with Gasteiger partial charge >= 0.3 is 0 Å². The first-order valence-corrected chi connectivity index (χ1v) is 4.47. The minimum Gasteiger partial charge on any atom is -0.353 e. The summed E-state index contributed by atoms with van der Waals surface area (Å²) in [6.45, 7) is 1.85. The second-order valence-corrected chi connectivity index (χ2v) is 3.16. The van der Waals surface area contributed by atoms with Gasteiger partial charge in [0.25, 0.3) is 0 Å². The number of pyridine rings is 1. The van der Waals surface area contributed by atoms with Crippen LogP contribution in [-0.2, 0) is 0 Å². The summed E-state index contributed by atoms with van der Waals surface area (Å²) in [5.41, 5.74) is 0.993. The maximum atomic E-state index is 5.69. The van der Waals surface area contributed by atoms with Crippen molar-refractivity contribution in [3.63, 3.8) is 0 Å². The molecule has 0 N–H and O–H groups in total. The van der Waals surface area contributed by atoms with Gasteiger partial charge in [-0.15, -0.1) is 5.47 Å². The SMILES string of the molecule is [B]C1=CCN(c2ccccn2)CC1. The lowest BCUT2D eigenvalue weighted by atomic mass is 9.90. The van der Waals surface area contributed by atoms with Gasteiger partial charge in [0.1, 0.15) is 13.7 Å². The molecule has 0 unspecified atom stereocenters. The van der Waals surface area contributed by atoms with E-state index in [9.17, 15) is 0 Å². The zero-order chi connectivity index (χ0) is 9.10. The lowest BCUT2D eigenvalue weighted by Crippen LogP contribution is -2.29. The molecule has 0 aromatic carbocycles. The van der Waals surface area contributed by atoms with Crippen molar-refractivity contribution >= 4 is 13.7 Å². The monoisotopic (exact) mass is 170 g/mol. The number of rotatable bonds is 1. The van der Waals surface area contributed by atoms with Crippen LogP contribution in [-0.4, -0.2) is 25.9 Å². The highest BCUT2D eigenvalue weighted by atomic mass is 15.2. The van der Waals surface area contributed by atoms with Gasteiger partial charge in [0.15, 0.2) is 0 Å². The maximum absolute atomic E-state index is 5.69. The van der Waals surface area contributed by atoms with Crippen LogP contribution in [0.2, 0.25) is 0 Å². The third-order valence-electron chi connectivity index (χ3n) is 2.22. The summed E-state index contributed by atoms with van der Waals surface area (Å²) in [6.07, 6.45) is 4.81. The molecule has 0 saturated carbocycles. The first kappa shape index (κ1) is 8.36. The van der Waals surface area contributed by atoms with Gasteiger partial charge in [-0.05, 0) is 18.6 Å². The summed E-state index contributed by atoms with van der Waals surface area (Å²) in [5.74, 6) is 1.03.